The molecule has 0 unspecified atom stereocenters. The summed E-state index contributed by atoms with van der Waals surface area (Å²) in [7, 11) is 1.97. The van der Waals surface area contributed by atoms with Crippen molar-refractivity contribution in [3.05, 3.63) is 35.4 Å². The van der Waals surface area contributed by atoms with Gasteiger partial charge in [0.15, 0.2) is 5.78 Å². The van der Waals surface area contributed by atoms with Crippen molar-refractivity contribution >= 4 is 11.7 Å². The Balaban J connectivity index is 1.76. The van der Waals surface area contributed by atoms with Crippen molar-refractivity contribution in [3.63, 3.8) is 0 Å². The topological polar surface area (TPSA) is 49.4 Å². The average molecular weight is 344 g/mol. The van der Waals surface area contributed by atoms with Crippen molar-refractivity contribution in [2.45, 2.75) is 46.0 Å². The van der Waals surface area contributed by atoms with E-state index >= 15 is 0 Å². The Hall–Kier alpha value is -1.68. The van der Waals surface area contributed by atoms with Crippen LogP contribution in [0.2, 0.25) is 0 Å². The molecule has 0 spiro atoms. The lowest BCUT2D eigenvalue weighted by molar-refractivity contribution is -0.132. The minimum absolute atomic E-state index is 0.0644. The lowest BCUT2D eigenvalue weighted by Gasteiger charge is -2.32. The molecule has 0 aromatic heterocycles. The summed E-state index contributed by atoms with van der Waals surface area (Å²) in [5.41, 5.74) is 1.97. The maximum absolute atomic E-state index is 12.3. The summed E-state index contributed by atoms with van der Waals surface area (Å²) < 4.78 is 0. The Morgan fingerprint density at radius 2 is 1.76 bits per heavy atom. The van der Waals surface area contributed by atoms with Gasteiger partial charge in [-0.3, -0.25) is 9.59 Å². The molecule has 1 aliphatic rings. The Morgan fingerprint density at radius 1 is 1.12 bits per heavy atom. The summed E-state index contributed by atoms with van der Waals surface area (Å²) >= 11 is 0. The first-order valence-electron chi connectivity index (χ1n) is 9.54. The number of amides is 1. The van der Waals surface area contributed by atoms with Crippen LogP contribution in [-0.2, 0) is 11.2 Å². The van der Waals surface area contributed by atoms with Gasteiger partial charge in [0, 0.05) is 31.5 Å². The minimum Gasteiger partial charge on any atom is -0.343 e. The highest BCUT2D eigenvalue weighted by Gasteiger charge is 2.22. The van der Waals surface area contributed by atoms with E-state index in [1.54, 1.807) is 0 Å². The number of benzene rings is 1. The predicted molar refractivity (Wildman–Crippen MR) is 102 cm³/mol. The zero-order chi connectivity index (χ0) is 18.2. The molecule has 1 aromatic rings. The molecule has 0 radical (unpaired) electrons. The maximum Gasteiger partial charge on any atom is 0.223 e. The monoisotopic (exact) mass is 344 g/mol. The third kappa shape index (κ3) is 6.28. The molecule has 1 N–H and O–H groups in total. The second-order valence-corrected chi connectivity index (χ2v) is 7.60. The van der Waals surface area contributed by atoms with Gasteiger partial charge < -0.3 is 10.2 Å². The Morgan fingerprint density at radius 3 is 2.32 bits per heavy atom. The molecule has 0 bridgehead atoms. The van der Waals surface area contributed by atoms with Crippen molar-refractivity contribution in [3.8, 4) is 0 Å². The third-order valence-electron chi connectivity index (χ3n) is 4.95. The van der Waals surface area contributed by atoms with Gasteiger partial charge in [-0.05, 0) is 50.3 Å². The molecule has 1 heterocycles. The number of ketones is 1. The van der Waals surface area contributed by atoms with Crippen LogP contribution in [0, 0.1) is 11.8 Å². The van der Waals surface area contributed by atoms with E-state index in [1.165, 1.54) is 5.56 Å². The predicted octanol–water partition coefficient (Wildman–Crippen LogP) is 3.31. The largest absolute Gasteiger partial charge is 0.343 e. The van der Waals surface area contributed by atoms with Crippen molar-refractivity contribution in [1.82, 2.24) is 10.2 Å². The molecule has 0 atom stereocenters. The smallest absolute Gasteiger partial charge is 0.223 e. The molecule has 0 aliphatic carbocycles. The number of Topliss-reactive ketones (excluding diaryl/α,β-unsaturated/α-hetero) is 1. The molecular weight excluding hydrogens is 312 g/mol. The fourth-order valence-corrected chi connectivity index (χ4v) is 3.50. The molecule has 138 valence electrons. The highest BCUT2D eigenvalue weighted by Crippen LogP contribution is 2.18. The van der Waals surface area contributed by atoms with Gasteiger partial charge in [-0.2, -0.15) is 0 Å². The lowest BCUT2D eigenvalue weighted by Crippen LogP contribution is -2.40. The molecule has 0 saturated carbocycles. The third-order valence-corrected chi connectivity index (χ3v) is 4.95. The number of likely N-dealkylation sites (tertiary alicyclic amines) is 1. The number of nitrogens with one attached hydrogen (secondary N) is 1. The van der Waals surface area contributed by atoms with Crippen LogP contribution < -0.4 is 5.32 Å². The summed E-state index contributed by atoms with van der Waals surface area (Å²) in [6.07, 6.45) is 3.76. The molecule has 1 aromatic carbocycles. The van der Waals surface area contributed by atoms with Crippen LogP contribution in [0.4, 0.5) is 0 Å². The summed E-state index contributed by atoms with van der Waals surface area (Å²) in [6.45, 7) is 7.04. The van der Waals surface area contributed by atoms with Crippen LogP contribution in [0.3, 0.4) is 0 Å². The molecule has 1 saturated heterocycles. The normalized spacial score (nSPS) is 15.6. The van der Waals surface area contributed by atoms with Gasteiger partial charge in [0.2, 0.25) is 5.91 Å². The van der Waals surface area contributed by atoms with Crippen LogP contribution in [0.25, 0.3) is 0 Å². The first-order chi connectivity index (χ1) is 12.0. The molecule has 1 aliphatic heterocycles. The van der Waals surface area contributed by atoms with E-state index in [4.69, 9.17) is 0 Å². The highest BCUT2D eigenvalue weighted by molar-refractivity contribution is 5.98. The van der Waals surface area contributed by atoms with Crippen molar-refractivity contribution in [2.24, 2.45) is 11.8 Å². The fraction of sp³-hybridized carbons (Fsp3) is 0.619. The second-order valence-electron chi connectivity index (χ2n) is 7.60. The molecule has 4 heteroatoms. The Kier molecular flexibility index (Phi) is 7.63. The second kappa shape index (κ2) is 9.71. The number of nitrogens with zero attached hydrogens (tertiary/aromatic N) is 1. The zero-order valence-electron chi connectivity index (χ0n) is 15.9. The van der Waals surface area contributed by atoms with Gasteiger partial charge in [0.25, 0.3) is 0 Å². The first kappa shape index (κ1) is 19.6. The van der Waals surface area contributed by atoms with Crippen LogP contribution in [0.5, 0.6) is 0 Å². The summed E-state index contributed by atoms with van der Waals surface area (Å²) in [5, 5.41) is 3.21. The van der Waals surface area contributed by atoms with E-state index in [0.717, 1.165) is 38.9 Å². The fourth-order valence-electron chi connectivity index (χ4n) is 3.50. The van der Waals surface area contributed by atoms with Gasteiger partial charge in [-0.15, -0.1) is 0 Å². The maximum atomic E-state index is 12.3. The average Bonchev–Trinajstić information content (AvgIpc) is 2.60. The Bertz CT molecular complexity index is 558. The zero-order valence-corrected chi connectivity index (χ0v) is 15.9. The van der Waals surface area contributed by atoms with E-state index in [0.29, 0.717) is 30.2 Å². The van der Waals surface area contributed by atoms with Crippen LogP contribution in [0.1, 0.15) is 55.5 Å². The molecule has 4 nitrogen and oxygen atoms in total. The summed E-state index contributed by atoms with van der Waals surface area (Å²) in [4.78, 5) is 26.6. The Labute approximate surface area is 152 Å². The highest BCUT2D eigenvalue weighted by atomic mass is 16.2. The van der Waals surface area contributed by atoms with E-state index in [9.17, 15) is 9.59 Å². The van der Waals surface area contributed by atoms with E-state index < -0.39 is 0 Å². The van der Waals surface area contributed by atoms with Crippen molar-refractivity contribution in [1.29, 1.82) is 0 Å². The lowest BCUT2D eigenvalue weighted by atomic mass is 9.96. The summed E-state index contributed by atoms with van der Waals surface area (Å²) in [5.74, 6) is 1.46. The first-order valence-corrected chi connectivity index (χ1v) is 9.54. The molecular formula is C21H32N2O2. The number of hydrogen-bond donors (Lipinski definition) is 1. The SMILES string of the molecule is CNCC1CCN(C(=O)CCC(=O)c2ccc(CC(C)C)cc2)CC1. The van der Waals surface area contributed by atoms with E-state index in [-0.39, 0.29) is 11.7 Å². The number of carbonyl (C=O) groups is 2. The van der Waals surface area contributed by atoms with Crippen LogP contribution in [0.15, 0.2) is 24.3 Å². The van der Waals surface area contributed by atoms with Gasteiger partial charge in [-0.25, -0.2) is 0 Å². The van der Waals surface area contributed by atoms with Gasteiger partial charge >= 0.3 is 0 Å². The molecule has 1 amide bonds. The van der Waals surface area contributed by atoms with Gasteiger partial charge in [0.1, 0.15) is 0 Å². The standard InChI is InChI=1S/C21H32N2O2/c1-16(2)14-17-4-6-19(7-5-17)20(24)8-9-21(25)23-12-10-18(11-13-23)15-22-3/h4-7,16,18,22H,8-15H2,1-3H3. The van der Waals surface area contributed by atoms with Crippen LogP contribution >= 0.6 is 0 Å². The molecule has 2 rings (SSSR count). The van der Waals surface area contributed by atoms with E-state index in [1.807, 2.05) is 36.2 Å². The van der Waals surface area contributed by atoms with Crippen LogP contribution in [-0.4, -0.2) is 43.3 Å². The van der Waals surface area contributed by atoms with Gasteiger partial charge in [-0.1, -0.05) is 38.1 Å². The molecule has 1 fully saturated rings. The number of hydrogen-bond acceptors (Lipinski definition) is 3. The van der Waals surface area contributed by atoms with Gasteiger partial charge in [0.05, 0.1) is 0 Å². The van der Waals surface area contributed by atoms with Crippen molar-refractivity contribution in [2.75, 3.05) is 26.7 Å². The quantitative estimate of drug-likeness (QED) is 0.736. The summed E-state index contributed by atoms with van der Waals surface area (Å²) in [6, 6.07) is 7.85. The minimum atomic E-state index is 0.0644. The number of piperidine rings is 1. The number of rotatable bonds is 8. The molecule has 25 heavy (non-hydrogen) atoms. The van der Waals surface area contributed by atoms with E-state index in [2.05, 4.69) is 19.2 Å². The van der Waals surface area contributed by atoms with Crippen molar-refractivity contribution < 1.29 is 9.59 Å². The number of carbonyl (C=O) groups excluding carboxylic acids is 2.